The Kier molecular flexibility index (Phi) is 5.71. The molecule has 0 bridgehead atoms. The van der Waals surface area contributed by atoms with E-state index in [1.54, 1.807) is 13.8 Å². The fourth-order valence-corrected chi connectivity index (χ4v) is 2.12. The van der Waals surface area contributed by atoms with Crippen molar-refractivity contribution in [3.63, 3.8) is 0 Å². The first-order valence-corrected chi connectivity index (χ1v) is 6.51. The van der Waals surface area contributed by atoms with Crippen LogP contribution in [-0.4, -0.2) is 21.6 Å². The van der Waals surface area contributed by atoms with Gasteiger partial charge in [0.25, 0.3) is 0 Å². The molecule has 0 aliphatic heterocycles. The van der Waals surface area contributed by atoms with Crippen LogP contribution in [0.25, 0.3) is 0 Å². The van der Waals surface area contributed by atoms with Crippen molar-refractivity contribution in [3.8, 4) is 0 Å². The van der Waals surface area contributed by atoms with Crippen LogP contribution >= 0.6 is 11.8 Å². The van der Waals surface area contributed by atoms with Gasteiger partial charge in [0.05, 0.1) is 5.41 Å². The van der Waals surface area contributed by atoms with E-state index in [-0.39, 0.29) is 0 Å². The molecule has 0 aliphatic carbocycles. The van der Waals surface area contributed by atoms with Crippen molar-refractivity contribution in [3.05, 3.63) is 0 Å². The lowest BCUT2D eigenvalue weighted by Gasteiger charge is -2.20. The third-order valence-corrected chi connectivity index (χ3v) is 3.67. The molecule has 1 N–H and O–H groups in total. The Morgan fingerprint density at radius 3 is 2.07 bits per heavy atom. The zero-order valence-electron chi connectivity index (χ0n) is 10.6. The van der Waals surface area contributed by atoms with E-state index >= 15 is 0 Å². The van der Waals surface area contributed by atoms with Gasteiger partial charge in [-0.1, -0.05) is 27.2 Å². The Hall–Kier alpha value is -0.180. The van der Waals surface area contributed by atoms with Gasteiger partial charge >= 0.3 is 5.97 Å². The highest BCUT2D eigenvalue weighted by Gasteiger charge is 2.26. The summed E-state index contributed by atoms with van der Waals surface area (Å²) in [5.41, 5.74) is -0.563. The Morgan fingerprint density at radius 2 is 1.67 bits per heavy atom. The normalized spacial score (nSPS) is 12.9. The fraction of sp³-hybridized carbons (Fsp3) is 0.917. The van der Waals surface area contributed by atoms with E-state index in [2.05, 4.69) is 20.8 Å². The van der Waals surface area contributed by atoms with E-state index in [9.17, 15) is 4.79 Å². The molecule has 0 saturated carbocycles. The third kappa shape index (κ3) is 7.71. The summed E-state index contributed by atoms with van der Waals surface area (Å²) in [5.74, 6) is 0.435. The highest BCUT2D eigenvalue weighted by Crippen LogP contribution is 2.27. The summed E-state index contributed by atoms with van der Waals surface area (Å²) in [4.78, 5) is 10.8. The van der Waals surface area contributed by atoms with Crippen molar-refractivity contribution in [2.45, 2.75) is 58.6 Å². The number of carboxylic acids is 1. The second-order valence-corrected chi connectivity index (χ2v) is 7.53. The van der Waals surface area contributed by atoms with Crippen LogP contribution < -0.4 is 0 Å². The molecule has 3 heteroatoms. The minimum absolute atomic E-state index is 0.322. The highest BCUT2D eigenvalue weighted by molar-refractivity contribution is 8.00. The lowest BCUT2D eigenvalue weighted by Crippen LogP contribution is -2.23. The maximum Gasteiger partial charge on any atom is 0.309 e. The minimum atomic E-state index is -0.689. The summed E-state index contributed by atoms with van der Waals surface area (Å²) in [5, 5.41) is 8.92. The van der Waals surface area contributed by atoms with Crippen LogP contribution in [0, 0.1) is 5.41 Å². The molecule has 0 atom stereocenters. The van der Waals surface area contributed by atoms with Crippen molar-refractivity contribution in [1.29, 1.82) is 0 Å². The lowest BCUT2D eigenvalue weighted by molar-refractivity contribution is -0.147. The number of unbranched alkanes of at least 4 members (excludes halogenated alkanes) is 1. The first-order chi connectivity index (χ1) is 6.65. The van der Waals surface area contributed by atoms with E-state index in [0.717, 1.165) is 25.0 Å². The molecular formula is C12H24O2S. The number of carboxylic acid groups (broad SMARTS) is 1. The summed E-state index contributed by atoms with van der Waals surface area (Å²) in [6.45, 7) is 10.2. The number of hydrogen-bond acceptors (Lipinski definition) is 2. The topological polar surface area (TPSA) is 37.3 Å². The van der Waals surface area contributed by atoms with Crippen LogP contribution in [0.1, 0.15) is 53.9 Å². The predicted octanol–water partition coefficient (Wildman–Crippen LogP) is 3.80. The van der Waals surface area contributed by atoms with Gasteiger partial charge in [0.15, 0.2) is 0 Å². The number of carbonyl (C=O) groups is 1. The summed E-state index contributed by atoms with van der Waals surface area (Å²) < 4.78 is 0.322. The second kappa shape index (κ2) is 5.78. The SMILES string of the molecule is CC(C)(C)SCCCCC(C)(C)C(=O)O. The van der Waals surface area contributed by atoms with Gasteiger partial charge in [-0.25, -0.2) is 0 Å². The van der Waals surface area contributed by atoms with Gasteiger partial charge in [0.1, 0.15) is 0 Å². The maximum absolute atomic E-state index is 10.8. The van der Waals surface area contributed by atoms with Crippen LogP contribution in [0.3, 0.4) is 0 Å². The first kappa shape index (κ1) is 14.8. The first-order valence-electron chi connectivity index (χ1n) is 5.52. The predicted molar refractivity (Wildman–Crippen MR) is 67.5 cm³/mol. The van der Waals surface area contributed by atoms with Crippen molar-refractivity contribution >= 4 is 17.7 Å². The zero-order valence-corrected chi connectivity index (χ0v) is 11.4. The summed E-state index contributed by atoms with van der Waals surface area (Å²) >= 11 is 1.95. The zero-order chi connectivity index (χ0) is 12.1. The van der Waals surface area contributed by atoms with Crippen molar-refractivity contribution in [2.24, 2.45) is 5.41 Å². The molecule has 0 aliphatic rings. The Balaban J connectivity index is 3.60. The number of thioether (sulfide) groups is 1. The van der Waals surface area contributed by atoms with Crippen LogP contribution in [0.2, 0.25) is 0 Å². The van der Waals surface area contributed by atoms with Gasteiger partial charge in [-0.05, 0) is 32.4 Å². The second-order valence-electron chi connectivity index (χ2n) is 5.61. The fourth-order valence-electron chi connectivity index (χ4n) is 1.15. The largest absolute Gasteiger partial charge is 0.481 e. The van der Waals surface area contributed by atoms with Crippen molar-refractivity contribution in [2.75, 3.05) is 5.75 Å². The summed E-state index contributed by atoms with van der Waals surface area (Å²) in [6, 6.07) is 0. The minimum Gasteiger partial charge on any atom is -0.481 e. The van der Waals surface area contributed by atoms with Gasteiger partial charge in [-0.3, -0.25) is 4.79 Å². The maximum atomic E-state index is 10.8. The van der Waals surface area contributed by atoms with Crippen LogP contribution in [0.5, 0.6) is 0 Å². The molecule has 0 heterocycles. The van der Waals surface area contributed by atoms with E-state index < -0.39 is 11.4 Å². The van der Waals surface area contributed by atoms with E-state index in [1.165, 1.54) is 0 Å². The van der Waals surface area contributed by atoms with E-state index in [4.69, 9.17) is 5.11 Å². The van der Waals surface area contributed by atoms with E-state index in [0.29, 0.717) is 4.75 Å². The van der Waals surface area contributed by atoms with Crippen LogP contribution in [0.4, 0.5) is 0 Å². The van der Waals surface area contributed by atoms with Crippen LogP contribution in [0.15, 0.2) is 0 Å². The molecule has 0 radical (unpaired) electrons. The molecule has 0 amide bonds. The molecule has 90 valence electrons. The molecule has 0 saturated heterocycles. The molecule has 15 heavy (non-hydrogen) atoms. The van der Waals surface area contributed by atoms with Crippen molar-refractivity contribution < 1.29 is 9.90 Å². The average Bonchev–Trinajstić information content (AvgIpc) is 2.00. The number of hydrogen-bond donors (Lipinski definition) is 1. The Labute approximate surface area is 97.8 Å². The van der Waals surface area contributed by atoms with E-state index in [1.807, 2.05) is 11.8 Å². The van der Waals surface area contributed by atoms with Gasteiger partial charge < -0.3 is 5.11 Å². The van der Waals surface area contributed by atoms with Gasteiger partial charge in [-0.2, -0.15) is 11.8 Å². The highest BCUT2D eigenvalue weighted by atomic mass is 32.2. The average molecular weight is 232 g/mol. The monoisotopic (exact) mass is 232 g/mol. The number of rotatable bonds is 6. The molecule has 0 rings (SSSR count). The molecule has 0 aromatic carbocycles. The van der Waals surface area contributed by atoms with Gasteiger partial charge in [0, 0.05) is 4.75 Å². The molecule has 0 spiro atoms. The molecule has 0 aromatic heterocycles. The standard InChI is InChI=1S/C12H24O2S/c1-11(2,3)15-9-7-6-8-12(4,5)10(13)14/h6-9H2,1-5H3,(H,13,14). The molecule has 0 fully saturated rings. The van der Waals surface area contributed by atoms with Gasteiger partial charge in [-0.15, -0.1) is 0 Å². The quantitative estimate of drug-likeness (QED) is 0.708. The third-order valence-electron chi connectivity index (χ3n) is 2.31. The van der Waals surface area contributed by atoms with Gasteiger partial charge in [0.2, 0.25) is 0 Å². The van der Waals surface area contributed by atoms with Crippen LogP contribution in [-0.2, 0) is 4.79 Å². The number of aliphatic carboxylic acids is 1. The Morgan fingerprint density at radius 1 is 1.13 bits per heavy atom. The smallest absolute Gasteiger partial charge is 0.309 e. The Bertz CT molecular complexity index is 204. The summed E-state index contributed by atoms with van der Waals surface area (Å²) in [7, 11) is 0. The molecule has 0 aromatic rings. The molecule has 2 nitrogen and oxygen atoms in total. The summed E-state index contributed by atoms with van der Waals surface area (Å²) in [6.07, 6.45) is 2.88. The molecular weight excluding hydrogens is 208 g/mol. The lowest BCUT2D eigenvalue weighted by atomic mass is 9.88. The van der Waals surface area contributed by atoms with Crippen molar-refractivity contribution in [1.82, 2.24) is 0 Å². The molecule has 0 unspecified atom stereocenters.